The van der Waals surface area contributed by atoms with Crippen LogP contribution < -0.4 is 21.3 Å². The van der Waals surface area contributed by atoms with Crippen LogP contribution in [0.15, 0.2) is 49.1 Å². The maximum atomic E-state index is 12.9. The van der Waals surface area contributed by atoms with Crippen LogP contribution in [0, 0.1) is 18.3 Å². The molecule has 3 aromatic rings. The number of aromatic amines is 1. The van der Waals surface area contributed by atoms with Gasteiger partial charge in [0, 0.05) is 65.2 Å². The third kappa shape index (κ3) is 7.40. The van der Waals surface area contributed by atoms with Gasteiger partial charge in [-0.2, -0.15) is 0 Å². The number of carbonyl (C=O) groups excluding carboxylic acids is 1. The van der Waals surface area contributed by atoms with E-state index in [1.807, 2.05) is 39.4 Å². The highest BCUT2D eigenvalue weighted by molar-refractivity contribution is 5.95. The van der Waals surface area contributed by atoms with Crippen molar-refractivity contribution in [1.82, 2.24) is 30.9 Å². The number of aryl methyl sites for hydroxylation is 1. The SMILES string of the molecule is C.C=C=C(Nc1cc(C(=O)NCCC2CCC(C)(C)C2)cnc1C)c1cnc2[nH]c(/C(=C/NC)CNC)cc2c1.[HH].[HH].[HH]. The second-order valence-corrected chi connectivity index (χ2v) is 11.2. The first-order valence-corrected chi connectivity index (χ1v) is 13.7. The normalized spacial score (nSPS) is 16.2. The molecular formula is C32H51N7O. The summed E-state index contributed by atoms with van der Waals surface area (Å²) < 4.78 is 0. The second kappa shape index (κ2) is 13.5. The van der Waals surface area contributed by atoms with E-state index in [1.165, 1.54) is 19.3 Å². The highest BCUT2D eigenvalue weighted by Gasteiger charge is 2.30. The van der Waals surface area contributed by atoms with Gasteiger partial charge >= 0.3 is 0 Å². The van der Waals surface area contributed by atoms with Gasteiger partial charge < -0.3 is 26.3 Å². The summed E-state index contributed by atoms with van der Waals surface area (Å²) in [5.74, 6) is 0.576. The van der Waals surface area contributed by atoms with Crippen molar-refractivity contribution < 1.29 is 9.07 Å². The third-order valence-corrected chi connectivity index (χ3v) is 7.48. The van der Waals surface area contributed by atoms with Crippen molar-refractivity contribution in [2.24, 2.45) is 11.3 Å². The van der Waals surface area contributed by atoms with Gasteiger partial charge in [0.25, 0.3) is 5.91 Å². The first-order valence-electron chi connectivity index (χ1n) is 13.7. The largest absolute Gasteiger partial charge is 0.394 e. The molecule has 1 fully saturated rings. The maximum absolute atomic E-state index is 12.9. The van der Waals surface area contributed by atoms with E-state index in [0.29, 0.717) is 29.1 Å². The summed E-state index contributed by atoms with van der Waals surface area (Å²) in [6.45, 7) is 11.8. The molecule has 1 aliphatic carbocycles. The van der Waals surface area contributed by atoms with E-state index in [-0.39, 0.29) is 17.6 Å². The number of aromatic nitrogens is 3. The molecule has 1 unspecified atom stereocenters. The molecule has 0 aliphatic heterocycles. The number of nitrogens with zero attached hydrogens (tertiary/aromatic N) is 2. The number of carbonyl (C=O) groups is 1. The Morgan fingerprint density at radius 1 is 1.23 bits per heavy atom. The number of fused-ring (bicyclic) bond motifs is 1. The topological polar surface area (TPSA) is 107 Å². The van der Waals surface area contributed by atoms with Crippen molar-refractivity contribution in [3.05, 3.63) is 71.6 Å². The van der Waals surface area contributed by atoms with Crippen LogP contribution >= 0.6 is 0 Å². The quantitative estimate of drug-likeness (QED) is 0.172. The van der Waals surface area contributed by atoms with Crippen LogP contribution in [-0.4, -0.2) is 48.0 Å². The molecule has 0 bridgehead atoms. The molecule has 0 spiro atoms. The lowest BCUT2D eigenvalue weighted by Gasteiger charge is -2.17. The first-order chi connectivity index (χ1) is 18.7. The monoisotopic (exact) mass is 549 g/mol. The van der Waals surface area contributed by atoms with E-state index < -0.39 is 0 Å². The van der Waals surface area contributed by atoms with E-state index in [1.54, 1.807) is 12.4 Å². The van der Waals surface area contributed by atoms with E-state index in [2.05, 4.69) is 68.4 Å². The van der Waals surface area contributed by atoms with Crippen LogP contribution in [0.3, 0.4) is 0 Å². The Morgan fingerprint density at radius 3 is 2.67 bits per heavy atom. The number of rotatable bonds is 11. The van der Waals surface area contributed by atoms with Crippen molar-refractivity contribution in [2.75, 3.05) is 32.5 Å². The van der Waals surface area contributed by atoms with Crippen LogP contribution in [0.5, 0.6) is 0 Å². The fraction of sp³-hybridized carbons (Fsp3) is 0.438. The van der Waals surface area contributed by atoms with Crippen molar-refractivity contribution in [2.45, 2.75) is 53.9 Å². The van der Waals surface area contributed by atoms with E-state index in [9.17, 15) is 4.79 Å². The second-order valence-electron chi connectivity index (χ2n) is 11.2. The van der Waals surface area contributed by atoms with Gasteiger partial charge in [0.15, 0.2) is 0 Å². The van der Waals surface area contributed by atoms with Crippen LogP contribution in [0.1, 0.15) is 78.5 Å². The van der Waals surface area contributed by atoms with Gasteiger partial charge in [0.05, 0.1) is 22.6 Å². The molecule has 1 aliphatic rings. The van der Waals surface area contributed by atoms with Crippen LogP contribution in [-0.2, 0) is 0 Å². The molecule has 1 amide bonds. The Kier molecular flexibility index (Phi) is 10.3. The average Bonchev–Trinajstić information content (AvgIpc) is 3.49. The molecule has 1 atom stereocenters. The number of hydrogen-bond acceptors (Lipinski definition) is 6. The lowest BCUT2D eigenvalue weighted by Crippen LogP contribution is -2.26. The Morgan fingerprint density at radius 2 is 2.00 bits per heavy atom. The highest BCUT2D eigenvalue weighted by atomic mass is 16.1. The van der Waals surface area contributed by atoms with Gasteiger partial charge in [-0.3, -0.25) is 9.78 Å². The van der Waals surface area contributed by atoms with Gasteiger partial charge in [-0.25, -0.2) is 4.98 Å². The molecule has 40 heavy (non-hydrogen) atoms. The van der Waals surface area contributed by atoms with Crippen molar-refractivity contribution >= 4 is 33.9 Å². The zero-order chi connectivity index (χ0) is 28.0. The lowest BCUT2D eigenvalue weighted by atomic mass is 9.90. The predicted molar refractivity (Wildman–Crippen MR) is 173 cm³/mol. The molecule has 1 saturated carbocycles. The first kappa shape index (κ1) is 30.7. The molecule has 0 saturated heterocycles. The Balaban J connectivity index is 0.00000441. The fourth-order valence-corrected chi connectivity index (χ4v) is 5.37. The van der Waals surface area contributed by atoms with Gasteiger partial charge in [-0.1, -0.05) is 27.9 Å². The number of amides is 1. The van der Waals surface area contributed by atoms with Gasteiger partial charge in [-0.05, 0) is 69.2 Å². The summed E-state index contributed by atoms with van der Waals surface area (Å²) in [6.07, 6.45) is 10.1. The van der Waals surface area contributed by atoms with E-state index >= 15 is 0 Å². The number of nitrogens with one attached hydrogen (secondary N) is 5. The zero-order valence-corrected chi connectivity index (χ0v) is 23.8. The Bertz CT molecular complexity index is 1430. The van der Waals surface area contributed by atoms with Crippen LogP contribution in [0.25, 0.3) is 22.3 Å². The molecular weight excluding hydrogens is 498 g/mol. The molecule has 3 heterocycles. The number of likely N-dealkylation sites (N-methyl/N-ethyl adjacent to an activating group) is 1. The fourth-order valence-electron chi connectivity index (χ4n) is 5.37. The highest BCUT2D eigenvalue weighted by Crippen LogP contribution is 2.42. The van der Waals surface area contributed by atoms with Gasteiger partial charge in [0.1, 0.15) is 5.65 Å². The number of pyridine rings is 2. The standard InChI is InChI=1S/C31H41N7O.CH4.3H2/c1-7-26(23-12-22-13-28(38-29(22)36-18-23)25(16-32-5)17-33-6)37-27-14-24(19-35-20(27)2)30(39)34-11-9-21-8-10-31(3,4)15-21;;;;/h12-14,16,18-19,21,32-33,37H,1,8-11,15,17H2,2-6H3,(H,34,39)(H,36,38);1H4;3*1H/b25-16+;;;;. The lowest BCUT2D eigenvalue weighted by molar-refractivity contribution is 0.0951. The van der Waals surface area contributed by atoms with Crippen LogP contribution in [0.4, 0.5) is 5.69 Å². The molecule has 8 heteroatoms. The van der Waals surface area contributed by atoms with Crippen LogP contribution in [0.2, 0.25) is 0 Å². The molecule has 0 aromatic carbocycles. The minimum atomic E-state index is -0.109. The summed E-state index contributed by atoms with van der Waals surface area (Å²) in [7, 11) is 3.80. The molecule has 220 valence electrons. The van der Waals surface area contributed by atoms with E-state index in [4.69, 9.17) is 0 Å². The molecule has 8 nitrogen and oxygen atoms in total. The Labute approximate surface area is 243 Å². The predicted octanol–water partition coefficient (Wildman–Crippen LogP) is 6.60. The number of H-pyrrole nitrogens is 1. The summed E-state index contributed by atoms with van der Waals surface area (Å²) in [6, 6.07) is 5.96. The molecule has 3 aromatic heterocycles. The van der Waals surface area contributed by atoms with Gasteiger partial charge in [-0.15, -0.1) is 5.73 Å². The smallest absolute Gasteiger partial charge is 0.252 e. The maximum Gasteiger partial charge on any atom is 0.252 e. The van der Waals surface area contributed by atoms with Crippen molar-refractivity contribution in [3.8, 4) is 0 Å². The number of hydrogen-bond donors (Lipinski definition) is 5. The summed E-state index contributed by atoms with van der Waals surface area (Å²) in [5.41, 5.74) is 9.85. The molecule has 5 N–H and O–H groups in total. The van der Waals surface area contributed by atoms with Crippen molar-refractivity contribution in [1.29, 1.82) is 0 Å². The summed E-state index contributed by atoms with van der Waals surface area (Å²) in [4.78, 5) is 25.4. The molecule has 0 radical (unpaired) electrons. The third-order valence-electron chi connectivity index (χ3n) is 7.48. The molecule has 4 rings (SSSR count). The number of anilines is 1. The van der Waals surface area contributed by atoms with Gasteiger partial charge in [0.2, 0.25) is 0 Å². The average molecular weight is 550 g/mol. The zero-order valence-electron chi connectivity index (χ0n) is 23.8. The van der Waals surface area contributed by atoms with Crippen molar-refractivity contribution in [3.63, 3.8) is 0 Å². The minimum absolute atomic E-state index is 0. The summed E-state index contributed by atoms with van der Waals surface area (Å²) in [5, 5.41) is 13.7. The Hall–Kier alpha value is -3.87. The summed E-state index contributed by atoms with van der Waals surface area (Å²) >= 11 is 0. The van der Waals surface area contributed by atoms with E-state index in [0.717, 1.165) is 52.2 Å². The minimum Gasteiger partial charge on any atom is -0.394 e.